The Morgan fingerprint density at radius 1 is 1.24 bits per heavy atom. The third-order valence-electron chi connectivity index (χ3n) is 4.76. The zero-order valence-corrected chi connectivity index (χ0v) is 17.1. The van der Waals surface area contributed by atoms with Crippen molar-refractivity contribution in [2.45, 2.75) is 6.92 Å². The number of phenolic OH excluding ortho intramolecular Hbond substituents is 1. The molecule has 3 aromatic rings. The highest BCUT2D eigenvalue weighted by atomic mass is 32.2. The van der Waals surface area contributed by atoms with Crippen molar-refractivity contribution < 1.29 is 9.90 Å². The van der Waals surface area contributed by atoms with Gasteiger partial charge in [0.2, 0.25) is 0 Å². The first-order chi connectivity index (χ1) is 14.0. The maximum absolute atomic E-state index is 13.0. The van der Waals surface area contributed by atoms with Crippen molar-refractivity contribution in [1.29, 1.82) is 0 Å². The summed E-state index contributed by atoms with van der Waals surface area (Å²) >= 11 is 1.31. The molecule has 6 heteroatoms. The predicted octanol–water partition coefficient (Wildman–Crippen LogP) is 4.98. The minimum absolute atomic E-state index is 0.0931. The molecule has 0 spiro atoms. The van der Waals surface area contributed by atoms with Gasteiger partial charge in [-0.3, -0.25) is 9.69 Å². The second-order valence-corrected chi connectivity index (χ2v) is 7.92. The number of fused-ring (bicyclic) bond motifs is 1. The van der Waals surface area contributed by atoms with E-state index in [4.69, 9.17) is 0 Å². The second-order valence-electron chi connectivity index (χ2n) is 6.91. The Hall–Kier alpha value is -3.25. The lowest BCUT2D eigenvalue weighted by atomic mass is 10.1. The summed E-state index contributed by atoms with van der Waals surface area (Å²) in [4.78, 5) is 19.7. The van der Waals surface area contributed by atoms with Crippen LogP contribution in [-0.2, 0) is 11.8 Å². The van der Waals surface area contributed by atoms with Crippen molar-refractivity contribution in [3.05, 3.63) is 77.3 Å². The van der Waals surface area contributed by atoms with Gasteiger partial charge in [0, 0.05) is 36.3 Å². The normalized spacial score (nSPS) is 17.0. The molecule has 0 unspecified atom stereocenters. The number of rotatable bonds is 4. The molecule has 1 aliphatic heterocycles. The number of phenols is 1. The van der Waals surface area contributed by atoms with E-state index in [-0.39, 0.29) is 11.7 Å². The maximum Gasteiger partial charge on any atom is 0.267 e. The fourth-order valence-electron chi connectivity index (χ4n) is 3.34. The quantitative estimate of drug-likeness (QED) is 0.494. The number of carbonyl (C=O) groups excluding carboxylic acids is 1. The predicted molar refractivity (Wildman–Crippen MR) is 120 cm³/mol. The van der Waals surface area contributed by atoms with Gasteiger partial charge in [-0.05, 0) is 48.5 Å². The summed E-state index contributed by atoms with van der Waals surface area (Å²) in [5, 5.41) is 11.8. The van der Waals surface area contributed by atoms with Gasteiger partial charge in [0.05, 0.1) is 4.91 Å². The van der Waals surface area contributed by atoms with Crippen LogP contribution < -0.4 is 0 Å². The van der Waals surface area contributed by atoms with E-state index in [9.17, 15) is 9.90 Å². The van der Waals surface area contributed by atoms with Crippen LogP contribution in [0.15, 0.2) is 71.2 Å². The molecule has 0 bridgehead atoms. The molecule has 5 nitrogen and oxygen atoms in total. The average Bonchev–Trinajstić information content (AvgIpc) is 3.16. The molecule has 1 aliphatic rings. The number of hydrogen-bond donors (Lipinski definition) is 1. The third-order valence-corrected chi connectivity index (χ3v) is 5.77. The topological polar surface area (TPSA) is 57.8 Å². The van der Waals surface area contributed by atoms with Crippen molar-refractivity contribution in [2.24, 2.45) is 12.0 Å². The molecule has 1 amide bonds. The van der Waals surface area contributed by atoms with Crippen LogP contribution >= 0.6 is 11.8 Å². The van der Waals surface area contributed by atoms with E-state index < -0.39 is 0 Å². The molecule has 1 saturated heterocycles. The Labute approximate surface area is 173 Å². The molecular formula is C23H21N3O2S. The maximum atomic E-state index is 13.0. The summed E-state index contributed by atoms with van der Waals surface area (Å²) < 4.78 is 2.05. The van der Waals surface area contributed by atoms with Crippen LogP contribution in [0.2, 0.25) is 0 Å². The first kappa shape index (κ1) is 19.1. The highest BCUT2D eigenvalue weighted by molar-refractivity contribution is 8.18. The summed E-state index contributed by atoms with van der Waals surface area (Å²) in [7, 11) is 1.99. The Kier molecular flexibility index (Phi) is 5.03. The lowest BCUT2D eigenvalue weighted by molar-refractivity contribution is -0.121. The van der Waals surface area contributed by atoms with Crippen molar-refractivity contribution >= 4 is 45.5 Å². The molecule has 0 radical (unpaired) electrons. The highest BCUT2D eigenvalue weighted by Gasteiger charge is 2.33. The zero-order valence-electron chi connectivity index (χ0n) is 16.3. The smallest absolute Gasteiger partial charge is 0.267 e. The van der Waals surface area contributed by atoms with Gasteiger partial charge in [-0.2, -0.15) is 0 Å². The molecule has 2 heterocycles. The number of hydrogen-bond acceptors (Lipinski definition) is 4. The summed E-state index contributed by atoms with van der Waals surface area (Å²) in [5.41, 5.74) is 3.47. The van der Waals surface area contributed by atoms with E-state index >= 15 is 0 Å². The molecule has 1 N–H and O–H groups in total. The number of aromatic hydroxyl groups is 1. The first-order valence-electron chi connectivity index (χ1n) is 9.22. The summed E-state index contributed by atoms with van der Waals surface area (Å²) in [5.74, 6) is -0.0243. The number of aliphatic imine (C=N–C) groups is 1. The van der Waals surface area contributed by atoms with Gasteiger partial charge < -0.3 is 9.67 Å². The Bertz CT molecular complexity index is 1190. The van der Waals surface area contributed by atoms with E-state index in [2.05, 4.69) is 17.6 Å². The van der Waals surface area contributed by atoms with Crippen LogP contribution in [0, 0.1) is 6.92 Å². The van der Waals surface area contributed by atoms with E-state index in [0.29, 0.717) is 22.3 Å². The Morgan fingerprint density at radius 2 is 2.03 bits per heavy atom. The van der Waals surface area contributed by atoms with Crippen molar-refractivity contribution in [1.82, 2.24) is 9.47 Å². The lowest BCUT2D eigenvalue weighted by Crippen LogP contribution is -2.29. The van der Waals surface area contributed by atoms with Crippen LogP contribution in [-0.4, -0.2) is 32.2 Å². The minimum atomic E-state index is -0.117. The number of thioether (sulfide) groups is 1. The fraction of sp³-hybridized carbons (Fsp3) is 0.130. The van der Waals surface area contributed by atoms with Gasteiger partial charge in [-0.15, -0.1) is 6.58 Å². The van der Waals surface area contributed by atoms with Gasteiger partial charge in [0.15, 0.2) is 5.17 Å². The van der Waals surface area contributed by atoms with E-state index in [1.165, 1.54) is 11.8 Å². The molecule has 4 rings (SSSR count). The number of benzene rings is 2. The van der Waals surface area contributed by atoms with Crippen molar-refractivity contribution in [2.75, 3.05) is 6.54 Å². The van der Waals surface area contributed by atoms with E-state index in [1.807, 2.05) is 55.1 Å². The summed E-state index contributed by atoms with van der Waals surface area (Å²) in [6.07, 6.45) is 5.59. The molecule has 29 heavy (non-hydrogen) atoms. The van der Waals surface area contributed by atoms with E-state index in [1.54, 1.807) is 23.1 Å². The van der Waals surface area contributed by atoms with Crippen LogP contribution in [0.4, 0.5) is 5.69 Å². The van der Waals surface area contributed by atoms with E-state index in [0.717, 1.165) is 22.0 Å². The number of aromatic nitrogens is 1. The first-order valence-corrected chi connectivity index (χ1v) is 10.0. The number of amides is 1. The minimum Gasteiger partial charge on any atom is -0.506 e. The number of aryl methyl sites for hydroxylation is 2. The molecule has 146 valence electrons. The standard InChI is InChI=1S/C23H21N3O2S/c1-4-11-26-22(28)21(13-16-14-25(3)19-8-6-5-7-17(16)19)29-23(26)24-18-10-9-15(2)12-20(18)27/h4-10,12-14,27H,1,11H2,2-3H3/b21-13-,24-23?. The van der Waals surface area contributed by atoms with Crippen LogP contribution in [0.5, 0.6) is 5.75 Å². The third kappa shape index (κ3) is 3.59. The SMILES string of the molecule is C=CCN1C(=O)/C(=C/c2cn(C)c3ccccc23)SC1=Nc1ccc(C)cc1O. The Morgan fingerprint density at radius 3 is 2.79 bits per heavy atom. The summed E-state index contributed by atoms with van der Waals surface area (Å²) in [6, 6.07) is 13.4. The van der Waals surface area contributed by atoms with Gasteiger partial charge in [-0.25, -0.2) is 4.99 Å². The monoisotopic (exact) mass is 403 g/mol. The number of carbonyl (C=O) groups is 1. The average molecular weight is 404 g/mol. The highest BCUT2D eigenvalue weighted by Crippen LogP contribution is 2.37. The lowest BCUT2D eigenvalue weighted by Gasteiger charge is -2.12. The van der Waals surface area contributed by atoms with Gasteiger partial charge in [0.25, 0.3) is 5.91 Å². The molecule has 1 fully saturated rings. The molecular weight excluding hydrogens is 382 g/mol. The van der Waals surface area contributed by atoms with Gasteiger partial charge >= 0.3 is 0 Å². The second kappa shape index (κ2) is 7.64. The molecule has 0 saturated carbocycles. The molecule has 2 aromatic carbocycles. The Balaban J connectivity index is 1.76. The van der Waals surface area contributed by atoms with Crippen LogP contribution in [0.1, 0.15) is 11.1 Å². The molecule has 0 aliphatic carbocycles. The van der Waals surface area contributed by atoms with Crippen LogP contribution in [0.3, 0.4) is 0 Å². The zero-order chi connectivity index (χ0) is 20.5. The summed E-state index contributed by atoms with van der Waals surface area (Å²) in [6.45, 7) is 6.01. The number of para-hydroxylation sites is 1. The largest absolute Gasteiger partial charge is 0.506 e. The molecule has 0 atom stereocenters. The molecule has 1 aromatic heterocycles. The van der Waals surface area contributed by atoms with Crippen molar-refractivity contribution in [3.8, 4) is 5.75 Å². The van der Waals surface area contributed by atoms with Crippen LogP contribution in [0.25, 0.3) is 17.0 Å². The fourth-order valence-corrected chi connectivity index (χ4v) is 4.33. The number of amidine groups is 1. The van der Waals surface area contributed by atoms with Crippen molar-refractivity contribution in [3.63, 3.8) is 0 Å². The van der Waals surface area contributed by atoms with Gasteiger partial charge in [-0.1, -0.05) is 30.3 Å². The number of nitrogens with zero attached hydrogens (tertiary/aromatic N) is 3. The van der Waals surface area contributed by atoms with Gasteiger partial charge in [0.1, 0.15) is 11.4 Å².